The molecule has 0 amide bonds. The number of aliphatic hydroxyl groups excluding tert-OH is 1. The molecule has 1 aromatic rings. The highest BCUT2D eigenvalue weighted by Crippen LogP contribution is 2.21. The lowest BCUT2D eigenvalue weighted by molar-refractivity contribution is 0.199. The molecule has 0 spiro atoms. The number of hydrogen-bond acceptors (Lipinski definition) is 3. The molecular weight excluding hydrogens is 262 g/mol. The van der Waals surface area contributed by atoms with Crippen molar-refractivity contribution in [3.05, 3.63) is 29.8 Å². The zero-order chi connectivity index (χ0) is 14.7. The van der Waals surface area contributed by atoms with Gasteiger partial charge < -0.3 is 5.11 Å². The molecule has 4 nitrogen and oxygen atoms in total. The number of hydrogen-bond donors (Lipinski definition) is 2. The van der Waals surface area contributed by atoms with Crippen molar-refractivity contribution < 1.29 is 13.5 Å². The van der Waals surface area contributed by atoms with Crippen molar-refractivity contribution in [2.24, 2.45) is 5.41 Å². The lowest BCUT2D eigenvalue weighted by Gasteiger charge is -2.18. The summed E-state index contributed by atoms with van der Waals surface area (Å²) < 4.78 is 26.4. The number of rotatable bonds is 5. The second-order valence-corrected chi connectivity index (χ2v) is 7.87. The van der Waals surface area contributed by atoms with Gasteiger partial charge in [0.05, 0.1) is 11.9 Å². The van der Waals surface area contributed by atoms with Gasteiger partial charge in [0.1, 0.15) is 0 Å². The zero-order valence-corrected chi connectivity index (χ0v) is 12.8. The van der Waals surface area contributed by atoms with E-state index >= 15 is 0 Å². The third kappa shape index (κ3) is 6.07. The summed E-state index contributed by atoms with van der Waals surface area (Å²) in [4.78, 5) is 0. The second-order valence-electron chi connectivity index (χ2n) is 6.03. The van der Waals surface area contributed by atoms with Crippen LogP contribution in [0.5, 0.6) is 0 Å². The molecule has 0 aliphatic heterocycles. The molecule has 1 aromatic carbocycles. The van der Waals surface area contributed by atoms with Gasteiger partial charge in [0, 0.05) is 5.69 Å². The van der Waals surface area contributed by atoms with Crippen LogP contribution in [0.2, 0.25) is 0 Å². The quantitative estimate of drug-likeness (QED) is 0.874. The van der Waals surface area contributed by atoms with Gasteiger partial charge in [-0.3, -0.25) is 4.72 Å². The molecule has 0 aliphatic carbocycles. The van der Waals surface area contributed by atoms with Crippen LogP contribution in [0.15, 0.2) is 24.3 Å². The largest absolute Gasteiger partial charge is 0.389 e. The zero-order valence-electron chi connectivity index (χ0n) is 12.0. The standard InChI is InChI=1S/C14H23NO3S/c1-11(16)12-5-7-13(8-6-12)15-19(17,18)10-9-14(2,3)4/h5-8,11,15-16H,9-10H2,1-4H3. The average molecular weight is 285 g/mol. The minimum atomic E-state index is -3.31. The van der Waals surface area contributed by atoms with Gasteiger partial charge in [-0.1, -0.05) is 32.9 Å². The van der Waals surface area contributed by atoms with Crippen LogP contribution in [0.4, 0.5) is 5.69 Å². The molecule has 1 unspecified atom stereocenters. The van der Waals surface area contributed by atoms with Gasteiger partial charge in [0.2, 0.25) is 10.0 Å². The number of aliphatic hydroxyl groups is 1. The third-order valence-electron chi connectivity index (χ3n) is 2.79. The van der Waals surface area contributed by atoms with Crippen LogP contribution >= 0.6 is 0 Å². The van der Waals surface area contributed by atoms with Crippen molar-refractivity contribution in [3.63, 3.8) is 0 Å². The third-order valence-corrected chi connectivity index (χ3v) is 4.08. The fourth-order valence-corrected chi connectivity index (χ4v) is 2.98. The molecule has 0 heterocycles. The molecule has 0 radical (unpaired) electrons. The number of nitrogens with one attached hydrogen (secondary N) is 1. The SMILES string of the molecule is CC(O)c1ccc(NS(=O)(=O)CCC(C)(C)C)cc1. The Morgan fingerprint density at radius 2 is 1.74 bits per heavy atom. The summed E-state index contributed by atoms with van der Waals surface area (Å²) in [5, 5.41) is 9.38. The first kappa shape index (κ1) is 16.0. The molecule has 0 fully saturated rings. The molecule has 1 atom stereocenters. The maximum Gasteiger partial charge on any atom is 0.232 e. The highest BCUT2D eigenvalue weighted by Gasteiger charge is 2.17. The maximum absolute atomic E-state index is 11.9. The van der Waals surface area contributed by atoms with E-state index < -0.39 is 16.1 Å². The molecule has 0 saturated heterocycles. The predicted molar refractivity (Wildman–Crippen MR) is 78.6 cm³/mol. The van der Waals surface area contributed by atoms with Gasteiger partial charge in [-0.15, -0.1) is 0 Å². The Morgan fingerprint density at radius 3 is 2.16 bits per heavy atom. The van der Waals surface area contributed by atoms with Gasteiger partial charge in [0.25, 0.3) is 0 Å². The highest BCUT2D eigenvalue weighted by atomic mass is 32.2. The molecule has 0 bridgehead atoms. The smallest absolute Gasteiger partial charge is 0.232 e. The summed E-state index contributed by atoms with van der Waals surface area (Å²) in [7, 11) is -3.31. The molecular formula is C14H23NO3S. The topological polar surface area (TPSA) is 66.4 Å². The van der Waals surface area contributed by atoms with Gasteiger partial charge in [0.15, 0.2) is 0 Å². The fraction of sp³-hybridized carbons (Fsp3) is 0.571. The summed E-state index contributed by atoms with van der Waals surface area (Å²) in [5.41, 5.74) is 1.28. The van der Waals surface area contributed by atoms with Crippen LogP contribution in [-0.4, -0.2) is 19.3 Å². The molecule has 0 saturated carbocycles. The van der Waals surface area contributed by atoms with Crippen LogP contribution in [0.1, 0.15) is 45.8 Å². The van der Waals surface area contributed by atoms with Crippen LogP contribution in [-0.2, 0) is 10.0 Å². The molecule has 0 aliphatic rings. The molecule has 5 heteroatoms. The first-order valence-corrected chi connectivity index (χ1v) is 8.03. The minimum Gasteiger partial charge on any atom is -0.389 e. The summed E-state index contributed by atoms with van der Waals surface area (Å²) in [6.07, 6.45) is 0.0558. The lowest BCUT2D eigenvalue weighted by atomic mass is 9.94. The molecule has 1 rings (SSSR count). The van der Waals surface area contributed by atoms with E-state index in [0.29, 0.717) is 12.1 Å². The lowest BCUT2D eigenvalue weighted by Crippen LogP contribution is -2.20. The average Bonchev–Trinajstić information content (AvgIpc) is 2.26. The van der Waals surface area contributed by atoms with Crippen molar-refractivity contribution in [3.8, 4) is 0 Å². The summed E-state index contributed by atoms with van der Waals surface area (Å²) in [6, 6.07) is 6.76. The summed E-state index contributed by atoms with van der Waals surface area (Å²) in [5.74, 6) is 0.106. The van der Waals surface area contributed by atoms with E-state index in [1.165, 1.54) is 0 Å². The van der Waals surface area contributed by atoms with E-state index in [1.54, 1.807) is 31.2 Å². The number of benzene rings is 1. The van der Waals surface area contributed by atoms with Gasteiger partial charge in [-0.2, -0.15) is 0 Å². The first-order valence-electron chi connectivity index (χ1n) is 6.38. The maximum atomic E-state index is 11.9. The Labute approximate surface area is 115 Å². The van der Waals surface area contributed by atoms with E-state index in [1.807, 2.05) is 20.8 Å². The van der Waals surface area contributed by atoms with E-state index in [4.69, 9.17) is 0 Å². The first-order chi connectivity index (χ1) is 8.59. The van der Waals surface area contributed by atoms with Crippen LogP contribution in [0, 0.1) is 5.41 Å². The molecule has 19 heavy (non-hydrogen) atoms. The summed E-state index contributed by atoms with van der Waals surface area (Å²) in [6.45, 7) is 7.71. The predicted octanol–water partition coefficient (Wildman–Crippen LogP) is 2.92. The molecule has 0 aromatic heterocycles. The van der Waals surface area contributed by atoms with Crippen molar-refractivity contribution in [1.82, 2.24) is 0 Å². The summed E-state index contributed by atoms with van der Waals surface area (Å²) >= 11 is 0. The Bertz CT molecular complexity index is 498. The van der Waals surface area contributed by atoms with Crippen molar-refractivity contribution in [1.29, 1.82) is 0 Å². The van der Waals surface area contributed by atoms with E-state index in [2.05, 4.69) is 4.72 Å². The Hall–Kier alpha value is -1.07. The van der Waals surface area contributed by atoms with Crippen LogP contribution in [0.25, 0.3) is 0 Å². The Kier molecular flexibility index (Phi) is 4.98. The second kappa shape index (κ2) is 5.92. The number of anilines is 1. The van der Waals surface area contributed by atoms with Crippen molar-refractivity contribution in [2.45, 2.75) is 40.2 Å². The van der Waals surface area contributed by atoms with Gasteiger partial charge in [-0.25, -0.2) is 8.42 Å². The van der Waals surface area contributed by atoms with Crippen LogP contribution in [0.3, 0.4) is 0 Å². The molecule has 108 valence electrons. The van der Waals surface area contributed by atoms with E-state index in [9.17, 15) is 13.5 Å². The van der Waals surface area contributed by atoms with E-state index in [0.717, 1.165) is 5.56 Å². The molecule has 2 N–H and O–H groups in total. The van der Waals surface area contributed by atoms with Crippen LogP contribution < -0.4 is 4.72 Å². The van der Waals surface area contributed by atoms with Gasteiger partial charge in [-0.05, 0) is 36.5 Å². The Morgan fingerprint density at radius 1 is 1.21 bits per heavy atom. The van der Waals surface area contributed by atoms with Crippen molar-refractivity contribution in [2.75, 3.05) is 10.5 Å². The van der Waals surface area contributed by atoms with Crippen molar-refractivity contribution >= 4 is 15.7 Å². The fourth-order valence-electron chi connectivity index (χ4n) is 1.50. The highest BCUT2D eigenvalue weighted by molar-refractivity contribution is 7.92. The Balaban J connectivity index is 2.68. The monoisotopic (exact) mass is 285 g/mol. The normalized spacial score (nSPS) is 14.2. The minimum absolute atomic E-state index is 0.00900. The van der Waals surface area contributed by atoms with E-state index in [-0.39, 0.29) is 11.2 Å². The number of sulfonamides is 1. The van der Waals surface area contributed by atoms with Gasteiger partial charge >= 0.3 is 0 Å².